The van der Waals surface area contributed by atoms with Gasteiger partial charge in [0, 0.05) is 19.9 Å². The van der Waals surface area contributed by atoms with Gasteiger partial charge in [0.25, 0.3) is 0 Å². The normalized spacial score (nSPS) is 13.1. The number of imidazole rings is 1. The molecule has 5 heteroatoms. The van der Waals surface area contributed by atoms with E-state index in [1.54, 1.807) is 7.11 Å². The third-order valence-electron chi connectivity index (χ3n) is 2.98. The third-order valence-corrected chi connectivity index (χ3v) is 3.22. The zero-order valence-electron chi connectivity index (χ0n) is 11.0. The summed E-state index contributed by atoms with van der Waals surface area (Å²) < 4.78 is 7.27. The lowest BCUT2D eigenvalue weighted by molar-refractivity contribution is 0.151. The third kappa shape index (κ3) is 2.49. The van der Waals surface area contributed by atoms with E-state index in [0.29, 0.717) is 18.4 Å². The first-order valence-electron chi connectivity index (χ1n) is 6.03. The van der Waals surface area contributed by atoms with Gasteiger partial charge in [-0.25, -0.2) is 9.97 Å². The molecule has 2 aromatic heterocycles. The van der Waals surface area contributed by atoms with E-state index in [9.17, 15) is 0 Å². The van der Waals surface area contributed by atoms with Gasteiger partial charge in [-0.05, 0) is 24.5 Å². The number of ether oxygens (including phenoxy) is 1. The van der Waals surface area contributed by atoms with E-state index in [0.717, 1.165) is 29.1 Å². The van der Waals surface area contributed by atoms with Gasteiger partial charge in [-0.2, -0.15) is 0 Å². The molecule has 0 saturated heterocycles. The van der Waals surface area contributed by atoms with Gasteiger partial charge in [0.05, 0.1) is 12.5 Å². The van der Waals surface area contributed by atoms with E-state index in [2.05, 4.69) is 21.5 Å². The summed E-state index contributed by atoms with van der Waals surface area (Å²) in [5.74, 6) is 1.67. The average Bonchev–Trinajstić information content (AvgIpc) is 2.69. The number of halogens is 1. The Morgan fingerprint density at radius 2 is 2.28 bits per heavy atom. The molecule has 0 aliphatic rings. The lowest BCUT2D eigenvalue weighted by Crippen LogP contribution is -2.14. The summed E-state index contributed by atoms with van der Waals surface area (Å²) >= 11 is 5.97. The van der Waals surface area contributed by atoms with Crippen LogP contribution in [-0.2, 0) is 17.2 Å². The Morgan fingerprint density at radius 1 is 1.50 bits per heavy atom. The second kappa shape index (κ2) is 5.67. The van der Waals surface area contributed by atoms with Crippen LogP contribution in [-0.4, -0.2) is 28.3 Å². The molecule has 0 radical (unpaired) electrons. The number of rotatable bonds is 5. The van der Waals surface area contributed by atoms with Crippen LogP contribution in [0.5, 0.6) is 0 Å². The molecule has 2 aromatic rings. The Kier molecular flexibility index (Phi) is 4.19. The fraction of sp³-hybridized carbons (Fsp3) is 0.538. The monoisotopic (exact) mass is 267 g/mol. The SMILES string of the molecule is COCC(C)Cn1c(CCl)nc2c(C)ccnc21. The molecule has 0 aliphatic carbocycles. The largest absolute Gasteiger partial charge is 0.384 e. The molecule has 98 valence electrons. The summed E-state index contributed by atoms with van der Waals surface area (Å²) in [5, 5.41) is 0. The number of hydrogen-bond donors (Lipinski definition) is 0. The fourth-order valence-electron chi connectivity index (χ4n) is 2.13. The molecule has 0 N–H and O–H groups in total. The summed E-state index contributed by atoms with van der Waals surface area (Å²) in [6.07, 6.45) is 1.81. The Morgan fingerprint density at radius 3 is 2.94 bits per heavy atom. The van der Waals surface area contributed by atoms with Gasteiger partial charge in [-0.1, -0.05) is 6.92 Å². The van der Waals surface area contributed by atoms with Crippen LogP contribution in [0.3, 0.4) is 0 Å². The first-order valence-corrected chi connectivity index (χ1v) is 6.56. The van der Waals surface area contributed by atoms with Crippen molar-refractivity contribution in [2.24, 2.45) is 5.92 Å². The zero-order valence-corrected chi connectivity index (χ0v) is 11.7. The van der Waals surface area contributed by atoms with Crippen molar-refractivity contribution in [1.29, 1.82) is 0 Å². The van der Waals surface area contributed by atoms with Gasteiger partial charge in [0.15, 0.2) is 5.65 Å². The van der Waals surface area contributed by atoms with Crippen LogP contribution in [0, 0.1) is 12.8 Å². The van der Waals surface area contributed by atoms with E-state index in [4.69, 9.17) is 16.3 Å². The van der Waals surface area contributed by atoms with E-state index < -0.39 is 0 Å². The molecule has 2 heterocycles. The van der Waals surface area contributed by atoms with Crippen LogP contribution in [0.2, 0.25) is 0 Å². The van der Waals surface area contributed by atoms with Crippen molar-refractivity contribution in [3.05, 3.63) is 23.7 Å². The Balaban J connectivity index is 2.44. The number of pyridine rings is 1. The van der Waals surface area contributed by atoms with Gasteiger partial charge in [0.2, 0.25) is 0 Å². The molecule has 0 bridgehead atoms. The summed E-state index contributed by atoms with van der Waals surface area (Å²) in [6.45, 7) is 5.72. The van der Waals surface area contributed by atoms with E-state index in [-0.39, 0.29) is 0 Å². The molecule has 18 heavy (non-hydrogen) atoms. The highest BCUT2D eigenvalue weighted by Crippen LogP contribution is 2.20. The maximum absolute atomic E-state index is 5.97. The maximum atomic E-state index is 5.97. The Labute approximate surface area is 112 Å². The minimum atomic E-state index is 0.398. The maximum Gasteiger partial charge on any atom is 0.160 e. The second-order valence-electron chi connectivity index (χ2n) is 4.63. The predicted molar refractivity (Wildman–Crippen MR) is 72.9 cm³/mol. The van der Waals surface area contributed by atoms with Crippen molar-refractivity contribution >= 4 is 22.8 Å². The summed E-state index contributed by atoms with van der Waals surface area (Å²) in [6, 6.07) is 1.97. The number of methoxy groups -OCH3 is 1. The van der Waals surface area contributed by atoms with Crippen LogP contribution in [0.1, 0.15) is 18.3 Å². The molecular weight excluding hydrogens is 250 g/mol. The van der Waals surface area contributed by atoms with E-state index >= 15 is 0 Å². The van der Waals surface area contributed by atoms with Gasteiger partial charge in [0.1, 0.15) is 11.3 Å². The minimum Gasteiger partial charge on any atom is -0.384 e. The highest BCUT2D eigenvalue weighted by molar-refractivity contribution is 6.16. The predicted octanol–water partition coefficient (Wildman–Crippen LogP) is 2.76. The topological polar surface area (TPSA) is 39.9 Å². The second-order valence-corrected chi connectivity index (χ2v) is 4.90. The van der Waals surface area contributed by atoms with Crippen molar-refractivity contribution in [1.82, 2.24) is 14.5 Å². The standard InChI is InChI=1S/C13H18ClN3O/c1-9(8-18-3)7-17-11(6-14)16-12-10(2)4-5-15-13(12)17/h4-5,9H,6-8H2,1-3H3. The van der Waals surface area contributed by atoms with Crippen LogP contribution in [0.4, 0.5) is 0 Å². The summed E-state index contributed by atoms with van der Waals surface area (Å²) in [7, 11) is 1.72. The molecule has 0 fully saturated rings. The summed E-state index contributed by atoms with van der Waals surface area (Å²) in [5.41, 5.74) is 2.98. The van der Waals surface area contributed by atoms with Crippen molar-refractivity contribution in [2.45, 2.75) is 26.3 Å². The molecule has 1 atom stereocenters. The highest BCUT2D eigenvalue weighted by Gasteiger charge is 2.14. The van der Waals surface area contributed by atoms with E-state index in [1.807, 2.05) is 19.2 Å². The lowest BCUT2D eigenvalue weighted by atomic mass is 10.2. The number of alkyl halides is 1. The van der Waals surface area contributed by atoms with Crippen LogP contribution in [0.25, 0.3) is 11.2 Å². The molecule has 0 aromatic carbocycles. The molecule has 2 rings (SSSR count). The average molecular weight is 268 g/mol. The minimum absolute atomic E-state index is 0.398. The van der Waals surface area contributed by atoms with Crippen molar-refractivity contribution in [2.75, 3.05) is 13.7 Å². The molecule has 1 unspecified atom stereocenters. The first kappa shape index (κ1) is 13.3. The first-order chi connectivity index (χ1) is 8.67. The molecule has 0 amide bonds. The molecule has 0 aliphatic heterocycles. The fourth-order valence-corrected chi connectivity index (χ4v) is 2.33. The van der Waals surface area contributed by atoms with Crippen molar-refractivity contribution in [3.63, 3.8) is 0 Å². The highest BCUT2D eigenvalue weighted by atomic mass is 35.5. The molecular formula is C13H18ClN3O. The van der Waals surface area contributed by atoms with Gasteiger partial charge in [-0.3, -0.25) is 0 Å². The van der Waals surface area contributed by atoms with Crippen molar-refractivity contribution in [3.8, 4) is 0 Å². The van der Waals surface area contributed by atoms with Gasteiger partial charge < -0.3 is 9.30 Å². The summed E-state index contributed by atoms with van der Waals surface area (Å²) in [4.78, 5) is 9.00. The van der Waals surface area contributed by atoms with E-state index in [1.165, 1.54) is 0 Å². The number of aryl methyl sites for hydroxylation is 1. The van der Waals surface area contributed by atoms with Gasteiger partial charge >= 0.3 is 0 Å². The molecule has 4 nitrogen and oxygen atoms in total. The lowest BCUT2D eigenvalue weighted by Gasteiger charge is -2.13. The molecule has 0 saturated carbocycles. The van der Waals surface area contributed by atoms with Crippen molar-refractivity contribution < 1.29 is 4.74 Å². The van der Waals surface area contributed by atoms with Crippen LogP contribution >= 0.6 is 11.6 Å². The zero-order chi connectivity index (χ0) is 13.1. The van der Waals surface area contributed by atoms with Crippen LogP contribution < -0.4 is 0 Å². The number of fused-ring (bicyclic) bond motifs is 1. The number of nitrogens with zero attached hydrogens (tertiary/aromatic N) is 3. The molecule has 0 spiro atoms. The smallest absolute Gasteiger partial charge is 0.160 e. The van der Waals surface area contributed by atoms with Gasteiger partial charge in [-0.15, -0.1) is 11.6 Å². The number of aromatic nitrogens is 3. The Hall–Kier alpha value is -1.13. The Bertz CT molecular complexity index is 538. The quantitative estimate of drug-likeness (QED) is 0.782. The van der Waals surface area contributed by atoms with Crippen LogP contribution in [0.15, 0.2) is 12.3 Å². The number of hydrogen-bond acceptors (Lipinski definition) is 3.